The zero-order valence-electron chi connectivity index (χ0n) is 31.4. The highest BCUT2D eigenvalue weighted by Gasteiger charge is 2.45. The van der Waals surface area contributed by atoms with Gasteiger partial charge in [-0.1, -0.05) is 11.6 Å². The van der Waals surface area contributed by atoms with Gasteiger partial charge in [0.2, 0.25) is 11.8 Å². The molecule has 4 fully saturated rings. The molecule has 296 valence electrons. The number of benzene rings is 2. The summed E-state index contributed by atoms with van der Waals surface area (Å²) >= 11 is 6.14. The Morgan fingerprint density at radius 3 is 2.14 bits per heavy atom. The first-order valence-corrected chi connectivity index (χ1v) is 20.1. The predicted octanol–water partition coefficient (Wildman–Crippen LogP) is 3.75. The van der Waals surface area contributed by atoms with Crippen molar-refractivity contribution in [2.45, 2.75) is 94.5 Å². The quantitative estimate of drug-likeness (QED) is 0.267. The van der Waals surface area contributed by atoms with Crippen LogP contribution in [0.2, 0.25) is 5.02 Å². The van der Waals surface area contributed by atoms with Crippen molar-refractivity contribution < 1.29 is 28.7 Å². The molecular formula is C41H44ClN9O6. The average Bonchev–Trinajstić information content (AvgIpc) is 3.47. The van der Waals surface area contributed by atoms with Crippen LogP contribution in [0.1, 0.15) is 101 Å². The zero-order valence-corrected chi connectivity index (χ0v) is 32.2. The first-order valence-electron chi connectivity index (χ1n) is 19.8. The molecule has 57 heavy (non-hydrogen) atoms. The topological polar surface area (TPSA) is 190 Å². The van der Waals surface area contributed by atoms with Crippen molar-refractivity contribution in [3.8, 4) is 11.8 Å². The maximum atomic E-state index is 13.3. The van der Waals surface area contributed by atoms with Gasteiger partial charge in [-0.25, -0.2) is 0 Å². The van der Waals surface area contributed by atoms with Gasteiger partial charge in [-0.15, -0.1) is 10.2 Å². The second-order valence-corrected chi connectivity index (χ2v) is 15.9. The number of rotatable bonds is 9. The fourth-order valence-electron chi connectivity index (χ4n) is 8.62. The molecule has 0 spiro atoms. The fraction of sp³-hybridized carbons (Fsp3) is 0.463. The number of nitrogens with zero attached hydrogens (tertiary/aromatic N) is 6. The Kier molecular flexibility index (Phi) is 11.1. The van der Waals surface area contributed by atoms with E-state index in [0.717, 1.165) is 94.0 Å². The second-order valence-electron chi connectivity index (χ2n) is 15.5. The van der Waals surface area contributed by atoms with Crippen LogP contribution in [0.5, 0.6) is 5.75 Å². The standard InChI is InChI=1S/C41H44ClN9O6/c42-33-22-30(5-1-24(33)23-43)57-29-6-2-25(3-7-29)45-38(53)34-9-11-36(48-47-34)50-19-15-27(16-20-50)44-26-13-17-49(18-14-26)28-4-8-31-32(21-28)41(56)51(40(31)55)35-10-12-37(52)46-39(35)54/h1,4-5,8-9,11,21-22,25-27,29,35,44H,2-3,6-7,10,12-20H2,(H,45,53)(H,46,52,54)/t25-,29-,35?. The minimum Gasteiger partial charge on any atom is -0.490 e. The Morgan fingerprint density at radius 1 is 0.789 bits per heavy atom. The number of piperidine rings is 3. The molecule has 5 heterocycles. The van der Waals surface area contributed by atoms with Crippen LogP contribution in [0.15, 0.2) is 48.5 Å². The molecule has 1 aromatic heterocycles. The van der Waals surface area contributed by atoms with Crippen LogP contribution >= 0.6 is 11.6 Å². The number of ether oxygens (including phenoxy) is 1. The average molecular weight is 794 g/mol. The number of amides is 5. The summed E-state index contributed by atoms with van der Waals surface area (Å²) in [6, 6.07) is 15.8. The highest BCUT2D eigenvalue weighted by atomic mass is 35.5. The van der Waals surface area contributed by atoms with E-state index in [9.17, 15) is 24.0 Å². The van der Waals surface area contributed by atoms with E-state index in [1.54, 1.807) is 36.4 Å². The monoisotopic (exact) mass is 793 g/mol. The molecule has 15 nitrogen and oxygen atoms in total. The Morgan fingerprint density at radius 2 is 1.49 bits per heavy atom. The van der Waals surface area contributed by atoms with Gasteiger partial charge in [-0.05, 0) is 100 Å². The number of halogens is 1. The van der Waals surface area contributed by atoms with Crippen LogP contribution in [-0.4, -0.2) is 101 Å². The SMILES string of the molecule is N#Cc1ccc(O[C@H]2CC[C@H](NC(=O)c3ccc(N4CCC(NC5CCN(c6ccc7c(c6)C(=O)N(C6CCC(=O)NC6=O)C7=O)CC5)CC4)nn3)CC2)cc1Cl. The van der Waals surface area contributed by atoms with Gasteiger partial charge >= 0.3 is 0 Å². The third-order valence-electron chi connectivity index (χ3n) is 11.8. The lowest BCUT2D eigenvalue weighted by Crippen LogP contribution is -2.54. The van der Waals surface area contributed by atoms with Crippen LogP contribution in [0.3, 0.4) is 0 Å². The zero-order chi connectivity index (χ0) is 39.6. The molecule has 0 bridgehead atoms. The van der Waals surface area contributed by atoms with E-state index in [1.165, 1.54) is 0 Å². The van der Waals surface area contributed by atoms with Gasteiger partial charge in [0.25, 0.3) is 17.7 Å². The smallest absolute Gasteiger partial charge is 0.272 e. The Labute approximate surface area is 335 Å². The molecule has 3 saturated heterocycles. The molecule has 3 aromatic rings. The third-order valence-corrected chi connectivity index (χ3v) is 12.1. The van der Waals surface area contributed by atoms with Gasteiger partial charge < -0.3 is 25.2 Å². The number of hydrogen-bond donors (Lipinski definition) is 3. The summed E-state index contributed by atoms with van der Waals surface area (Å²) in [6.07, 6.45) is 7.15. The third kappa shape index (κ3) is 8.29. The van der Waals surface area contributed by atoms with Gasteiger partial charge in [-0.3, -0.25) is 34.2 Å². The van der Waals surface area contributed by atoms with Crippen LogP contribution in [0, 0.1) is 11.3 Å². The van der Waals surface area contributed by atoms with E-state index < -0.39 is 29.7 Å². The highest BCUT2D eigenvalue weighted by molar-refractivity contribution is 6.31. The molecule has 5 amide bonds. The van der Waals surface area contributed by atoms with E-state index in [2.05, 4.69) is 35.9 Å². The van der Waals surface area contributed by atoms with E-state index in [4.69, 9.17) is 21.6 Å². The van der Waals surface area contributed by atoms with E-state index in [-0.39, 0.29) is 36.5 Å². The molecule has 1 saturated carbocycles. The van der Waals surface area contributed by atoms with Gasteiger partial charge in [0, 0.05) is 62.5 Å². The number of carbonyl (C=O) groups excluding carboxylic acids is 5. The van der Waals surface area contributed by atoms with E-state index in [1.807, 2.05) is 18.2 Å². The molecule has 1 unspecified atom stereocenters. The number of nitrogens with one attached hydrogen (secondary N) is 3. The summed E-state index contributed by atoms with van der Waals surface area (Å²) < 4.78 is 6.07. The Bertz CT molecular complexity index is 2100. The maximum absolute atomic E-state index is 13.3. The van der Waals surface area contributed by atoms with Crippen LogP contribution in [0.25, 0.3) is 0 Å². The van der Waals surface area contributed by atoms with Gasteiger partial charge in [0.15, 0.2) is 11.5 Å². The lowest BCUT2D eigenvalue weighted by molar-refractivity contribution is -0.136. The minimum atomic E-state index is -0.979. The van der Waals surface area contributed by atoms with Crippen molar-refractivity contribution in [1.82, 2.24) is 31.0 Å². The molecule has 1 aliphatic carbocycles. The Hall–Kier alpha value is -5.59. The molecule has 16 heteroatoms. The molecule has 4 aliphatic heterocycles. The summed E-state index contributed by atoms with van der Waals surface area (Å²) in [5.41, 5.74) is 2.16. The lowest BCUT2D eigenvalue weighted by atomic mass is 9.93. The summed E-state index contributed by atoms with van der Waals surface area (Å²) in [7, 11) is 0. The van der Waals surface area contributed by atoms with Crippen molar-refractivity contribution >= 4 is 52.6 Å². The summed E-state index contributed by atoms with van der Waals surface area (Å²) in [5, 5.41) is 27.3. The predicted molar refractivity (Wildman–Crippen MR) is 209 cm³/mol. The number of hydrogen-bond acceptors (Lipinski definition) is 12. The summed E-state index contributed by atoms with van der Waals surface area (Å²) in [4.78, 5) is 68.9. The highest BCUT2D eigenvalue weighted by Crippen LogP contribution is 2.32. The fourth-order valence-corrected chi connectivity index (χ4v) is 8.83. The number of carbonyl (C=O) groups is 5. The number of aromatic nitrogens is 2. The van der Waals surface area contributed by atoms with Crippen molar-refractivity contribution in [2.75, 3.05) is 36.0 Å². The van der Waals surface area contributed by atoms with Crippen LogP contribution < -0.4 is 30.5 Å². The molecule has 5 aliphatic rings. The number of anilines is 2. The van der Waals surface area contributed by atoms with Crippen molar-refractivity contribution in [3.63, 3.8) is 0 Å². The van der Waals surface area contributed by atoms with Crippen LogP contribution in [0.4, 0.5) is 11.5 Å². The van der Waals surface area contributed by atoms with Crippen molar-refractivity contribution in [1.29, 1.82) is 5.26 Å². The first-order chi connectivity index (χ1) is 27.6. The Balaban J connectivity index is 0.753. The molecule has 2 aromatic carbocycles. The van der Waals surface area contributed by atoms with E-state index in [0.29, 0.717) is 39.7 Å². The second kappa shape index (κ2) is 16.5. The van der Waals surface area contributed by atoms with Crippen molar-refractivity contribution in [2.24, 2.45) is 0 Å². The van der Waals surface area contributed by atoms with Gasteiger partial charge in [-0.2, -0.15) is 5.26 Å². The molecular weight excluding hydrogens is 750 g/mol. The number of fused-ring (bicyclic) bond motifs is 1. The van der Waals surface area contributed by atoms with Crippen LogP contribution in [-0.2, 0) is 9.59 Å². The maximum Gasteiger partial charge on any atom is 0.272 e. The van der Waals surface area contributed by atoms with Crippen molar-refractivity contribution in [3.05, 3.63) is 75.9 Å². The summed E-state index contributed by atoms with van der Waals surface area (Å²) in [5.74, 6) is -0.839. The number of imide groups is 2. The minimum absolute atomic E-state index is 0.0165. The molecule has 0 radical (unpaired) electrons. The molecule has 8 rings (SSSR count). The number of nitriles is 1. The largest absolute Gasteiger partial charge is 0.490 e. The lowest BCUT2D eigenvalue weighted by Gasteiger charge is -2.38. The normalized spacial score (nSPS) is 23.2. The van der Waals surface area contributed by atoms with Gasteiger partial charge in [0.1, 0.15) is 17.9 Å². The molecule has 1 atom stereocenters. The first kappa shape index (κ1) is 38.3. The molecule has 3 N–H and O–H groups in total. The van der Waals surface area contributed by atoms with E-state index >= 15 is 0 Å². The summed E-state index contributed by atoms with van der Waals surface area (Å²) in [6.45, 7) is 3.26. The van der Waals surface area contributed by atoms with Gasteiger partial charge in [0.05, 0.1) is 27.8 Å².